The lowest BCUT2D eigenvalue weighted by atomic mass is 10.1. The molecule has 0 saturated heterocycles. The Morgan fingerprint density at radius 3 is 1.83 bits per heavy atom. The number of hydrogen-bond acceptors (Lipinski definition) is 5. The SMILES string of the molecule is CCO[Si](CC(C#N)CCC#N)(OCC)OCC. The summed E-state index contributed by atoms with van der Waals surface area (Å²) < 4.78 is 17.0. The summed E-state index contributed by atoms with van der Waals surface area (Å²) in [5, 5.41) is 17.7. The summed E-state index contributed by atoms with van der Waals surface area (Å²) in [4.78, 5) is 0. The van der Waals surface area contributed by atoms with E-state index in [0.29, 0.717) is 38.7 Å². The van der Waals surface area contributed by atoms with Crippen LogP contribution >= 0.6 is 0 Å². The van der Waals surface area contributed by atoms with Gasteiger partial charge in [-0.1, -0.05) is 0 Å². The first-order valence-electron chi connectivity index (χ1n) is 6.36. The third-order valence-electron chi connectivity index (χ3n) is 2.38. The zero-order valence-corrected chi connectivity index (χ0v) is 12.4. The van der Waals surface area contributed by atoms with Gasteiger partial charge in [0.2, 0.25) is 0 Å². The average molecular weight is 270 g/mol. The molecule has 0 spiro atoms. The zero-order chi connectivity index (χ0) is 13.9. The minimum Gasteiger partial charge on any atom is -0.374 e. The van der Waals surface area contributed by atoms with Crippen molar-refractivity contribution < 1.29 is 13.3 Å². The molecule has 1 unspecified atom stereocenters. The van der Waals surface area contributed by atoms with Gasteiger partial charge in [-0.05, 0) is 27.2 Å². The Bertz CT molecular complexity index is 282. The smallest absolute Gasteiger partial charge is 0.374 e. The van der Waals surface area contributed by atoms with Gasteiger partial charge in [-0.25, -0.2) is 0 Å². The molecule has 0 saturated carbocycles. The minimum atomic E-state index is -2.76. The summed E-state index contributed by atoms with van der Waals surface area (Å²) in [5.74, 6) is -0.249. The van der Waals surface area contributed by atoms with Crippen LogP contribution in [-0.2, 0) is 13.3 Å². The summed E-state index contributed by atoms with van der Waals surface area (Å²) in [6, 6.07) is 4.73. The van der Waals surface area contributed by atoms with Crippen LogP contribution in [0.2, 0.25) is 6.04 Å². The molecule has 0 amide bonds. The van der Waals surface area contributed by atoms with E-state index in [4.69, 9.17) is 23.8 Å². The molecule has 0 bridgehead atoms. The van der Waals surface area contributed by atoms with Gasteiger partial charge >= 0.3 is 8.80 Å². The van der Waals surface area contributed by atoms with Crippen molar-refractivity contribution in [1.29, 1.82) is 10.5 Å². The van der Waals surface area contributed by atoms with Crippen molar-refractivity contribution in [3.05, 3.63) is 0 Å². The van der Waals surface area contributed by atoms with Crippen molar-refractivity contribution in [3.63, 3.8) is 0 Å². The van der Waals surface area contributed by atoms with Crippen LogP contribution < -0.4 is 0 Å². The second-order valence-electron chi connectivity index (χ2n) is 3.71. The van der Waals surface area contributed by atoms with Crippen LogP contribution in [0.4, 0.5) is 0 Å². The van der Waals surface area contributed by atoms with Crippen molar-refractivity contribution in [2.75, 3.05) is 19.8 Å². The Balaban J connectivity index is 4.71. The van der Waals surface area contributed by atoms with Gasteiger partial charge < -0.3 is 13.3 Å². The van der Waals surface area contributed by atoms with E-state index in [1.54, 1.807) is 0 Å². The molecule has 0 radical (unpaired) electrons. The molecule has 0 aromatic carbocycles. The standard InChI is InChI=1S/C12H22N2O3Si/c1-4-15-18(16-5-2,17-6-3)11-12(10-14)8-7-9-13/h12H,4-8,11H2,1-3H3. The highest BCUT2D eigenvalue weighted by Gasteiger charge is 2.42. The first-order chi connectivity index (χ1) is 8.67. The lowest BCUT2D eigenvalue weighted by molar-refractivity contribution is 0.0685. The van der Waals surface area contributed by atoms with Gasteiger partial charge in [-0.2, -0.15) is 10.5 Å². The summed E-state index contributed by atoms with van der Waals surface area (Å²) in [7, 11) is -2.76. The number of rotatable bonds is 10. The molecule has 0 aliphatic heterocycles. The predicted octanol–water partition coefficient (Wildman–Crippen LogP) is 2.48. The van der Waals surface area contributed by atoms with Crippen molar-refractivity contribution >= 4 is 8.80 Å². The molecule has 5 nitrogen and oxygen atoms in total. The van der Waals surface area contributed by atoms with Crippen LogP contribution in [0.25, 0.3) is 0 Å². The number of hydrogen-bond donors (Lipinski definition) is 0. The van der Waals surface area contributed by atoms with Crippen LogP contribution in [0, 0.1) is 28.6 Å². The molecule has 0 aliphatic carbocycles. The lowest BCUT2D eigenvalue weighted by Gasteiger charge is -2.29. The monoisotopic (exact) mass is 270 g/mol. The minimum absolute atomic E-state index is 0.249. The molecule has 0 heterocycles. The van der Waals surface area contributed by atoms with Crippen LogP contribution in [-0.4, -0.2) is 28.6 Å². The highest BCUT2D eigenvalue weighted by molar-refractivity contribution is 6.60. The van der Waals surface area contributed by atoms with E-state index in [0.717, 1.165) is 0 Å². The van der Waals surface area contributed by atoms with Gasteiger partial charge in [0.1, 0.15) is 0 Å². The molecule has 0 aromatic rings. The third kappa shape index (κ3) is 6.13. The molecule has 0 fully saturated rings. The third-order valence-corrected chi connectivity index (χ3v) is 5.55. The van der Waals surface area contributed by atoms with E-state index < -0.39 is 8.80 Å². The molecule has 0 N–H and O–H groups in total. The average Bonchev–Trinajstić information content (AvgIpc) is 2.35. The van der Waals surface area contributed by atoms with Crippen molar-refractivity contribution in [2.24, 2.45) is 5.92 Å². The Hall–Kier alpha value is -0.923. The fraction of sp³-hybridized carbons (Fsp3) is 0.833. The molecule has 18 heavy (non-hydrogen) atoms. The largest absolute Gasteiger partial charge is 0.502 e. The Kier molecular flexibility index (Phi) is 9.53. The first kappa shape index (κ1) is 17.1. The molecule has 1 atom stereocenters. The molecule has 0 aliphatic rings. The van der Waals surface area contributed by atoms with E-state index in [9.17, 15) is 0 Å². The predicted molar refractivity (Wildman–Crippen MR) is 69.4 cm³/mol. The van der Waals surface area contributed by atoms with Gasteiger partial charge in [0.15, 0.2) is 0 Å². The van der Waals surface area contributed by atoms with Gasteiger partial charge in [-0.15, -0.1) is 0 Å². The summed E-state index contributed by atoms with van der Waals surface area (Å²) >= 11 is 0. The van der Waals surface area contributed by atoms with E-state index in [2.05, 4.69) is 12.1 Å². The molecular weight excluding hydrogens is 248 g/mol. The second kappa shape index (κ2) is 10.0. The molecular formula is C12H22N2O3Si. The number of nitrogens with zero attached hydrogens (tertiary/aromatic N) is 2. The maximum absolute atomic E-state index is 9.12. The topological polar surface area (TPSA) is 75.3 Å². The van der Waals surface area contributed by atoms with Crippen molar-refractivity contribution in [1.82, 2.24) is 0 Å². The molecule has 102 valence electrons. The van der Waals surface area contributed by atoms with Crippen molar-refractivity contribution in [2.45, 2.75) is 39.7 Å². The second-order valence-corrected chi connectivity index (χ2v) is 6.35. The molecule has 6 heteroatoms. The Morgan fingerprint density at radius 2 is 1.50 bits per heavy atom. The van der Waals surface area contributed by atoms with Gasteiger partial charge in [0, 0.05) is 32.3 Å². The highest BCUT2D eigenvalue weighted by atomic mass is 28.4. The van der Waals surface area contributed by atoms with E-state index in [1.807, 2.05) is 20.8 Å². The van der Waals surface area contributed by atoms with Crippen LogP contribution in [0.15, 0.2) is 0 Å². The fourth-order valence-corrected chi connectivity index (χ4v) is 4.54. The lowest BCUT2D eigenvalue weighted by Crippen LogP contribution is -2.47. The fourth-order valence-electron chi connectivity index (χ4n) is 1.71. The van der Waals surface area contributed by atoms with E-state index in [1.165, 1.54) is 0 Å². The van der Waals surface area contributed by atoms with Crippen molar-refractivity contribution in [3.8, 4) is 12.1 Å². The summed E-state index contributed by atoms with van der Waals surface area (Å²) in [5.41, 5.74) is 0. The zero-order valence-electron chi connectivity index (χ0n) is 11.4. The van der Waals surface area contributed by atoms with Gasteiger partial charge in [0.25, 0.3) is 0 Å². The normalized spacial score (nSPS) is 12.7. The maximum atomic E-state index is 9.12. The van der Waals surface area contributed by atoms with Gasteiger partial charge in [-0.3, -0.25) is 0 Å². The molecule has 0 aromatic heterocycles. The van der Waals surface area contributed by atoms with E-state index >= 15 is 0 Å². The van der Waals surface area contributed by atoms with Gasteiger partial charge in [0.05, 0.1) is 18.1 Å². The van der Waals surface area contributed by atoms with Crippen LogP contribution in [0.5, 0.6) is 0 Å². The maximum Gasteiger partial charge on any atom is 0.502 e. The first-order valence-corrected chi connectivity index (χ1v) is 8.29. The van der Waals surface area contributed by atoms with E-state index in [-0.39, 0.29) is 5.92 Å². The summed E-state index contributed by atoms with van der Waals surface area (Å²) in [6.45, 7) is 7.16. The Morgan fingerprint density at radius 1 is 1.00 bits per heavy atom. The molecule has 0 rings (SSSR count). The Labute approximate surface area is 111 Å². The summed E-state index contributed by atoms with van der Waals surface area (Å²) in [6.07, 6.45) is 0.905. The quantitative estimate of drug-likeness (QED) is 0.570. The number of nitriles is 2. The highest BCUT2D eigenvalue weighted by Crippen LogP contribution is 2.24. The van der Waals surface area contributed by atoms with Crippen LogP contribution in [0.3, 0.4) is 0 Å². The van der Waals surface area contributed by atoms with Crippen LogP contribution in [0.1, 0.15) is 33.6 Å².